The van der Waals surface area contributed by atoms with Gasteiger partial charge in [-0.1, -0.05) is 6.07 Å². The van der Waals surface area contributed by atoms with Gasteiger partial charge in [0.25, 0.3) is 0 Å². The zero-order chi connectivity index (χ0) is 9.68. The first-order valence-electron chi connectivity index (χ1n) is 3.79. The highest BCUT2D eigenvalue weighted by molar-refractivity contribution is 5.61. The summed E-state index contributed by atoms with van der Waals surface area (Å²) in [5.74, 6) is 0.0124. The van der Waals surface area contributed by atoms with Crippen LogP contribution in [0.15, 0.2) is 18.2 Å². The molecule has 0 heterocycles. The third-order valence-electron chi connectivity index (χ3n) is 1.62. The Bertz CT molecular complexity index is 299. The van der Waals surface area contributed by atoms with Crippen molar-refractivity contribution in [1.82, 2.24) is 0 Å². The highest BCUT2D eigenvalue weighted by Gasteiger charge is 2.00. The molecule has 1 rings (SSSR count). The quantitative estimate of drug-likeness (QED) is 0.627. The Labute approximate surface area is 75.8 Å². The molecule has 1 aromatic carbocycles. The van der Waals surface area contributed by atoms with E-state index in [0.29, 0.717) is 11.3 Å². The van der Waals surface area contributed by atoms with E-state index in [9.17, 15) is 9.90 Å². The molecule has 0 aliphatic carbocycles. The molecule has 0 bridgehead atoms. The van der Waals surface area contributed by atoms with Crippen LogP contribution in [0.25, 0.3) is 0 Å². The second-order valence-electron chi connectivity index (χ2n) is 2.50. The number of phenols is 1. The predicted octanol–water partition coefficient (Wildman–Crippen LogP) is 0.406. The van der Waals surface area contributed by atoms with Gasteiger partial charge in [-0.05, 0) is 6.07 Å². The summed E-state index contributed by atoms with van der Waals surface area (Å²) in [6, 6.07) is 4.70. The maximum atomic E-state index is 9.90. The summed E-state index contributed by atoms with van der Waals surface area (Å²) in [5, 5.41) is 20.8. The minimum atomic E-state index is -0.202. The molecule has 0 spiro atoms. The van der Waals surface area contributed by atoms with Gasteiger partial charge in [0, 0.05) is 17.3 Å². The molecule has 13 heavy (non-hydrogen) atoms. The van der Waals surface area contributed by atoms with Gasteiger partial charge in [-0.25, -0.2) is 0 Å². The molecular weight excluding hydrogens is 170 g/mol. The Kier molecular flexibility index (Phi) is 3.28. The van der Waals surface area contributed by atoms with Crippen molar-refractivity contribution in [3.05, 3.63) is 23.8 Å². The van der Waals surface area contributed by atoms with Crippen molar-refractivity contribution in [1.29, 1.82) is 0 Å². The van der Waals surface area contributed by atoms with Gasteiger partial charge >= 0.3 is 0 Å². The van der Waals surface area contributed by atoms with Crippen LogP contribution in [0.4, 0.5) is 5.69 Å². The minimum absolute atomic E-state index is 0.0124. The standard InChI is InChI=1S/C9H10NO3/c11-4-3-10-8-2-1-7(6-12)9(13)5-8/h1-2,5,10,12-13H,3,6H2. The zero-order valence-electron chi connectivity index (χ0n) is 6.95. The summed E-state index contributed by atoms with van der Waals surface area (Å²) >= 11 is 0. The Morgan fingerprint density at radius 1 is 1.46 bits per heavy atom. The van der Waals surface area contributed by atoms with Crippen LogP contribution in [0.5, 0.6) is 5.75 Å². The normalized spacial score (nSPS) is 9.62. The van der Waals surface area contributed by atoms with Crippen LogP contribution in [-0.2, 0) is 11.4 Å². The molecule has 69 valence electrons. The lowest BCUT2D eigenvalue weighted by molar-refractivity contribution is 0.275. The highest BCUT2D eigenvalue weighted by Crippen LogP contribution is 2.21. The minimum Gasteiger partial charge on any atom is -0.508 e. The van der Waals surface area contributed by atoms with Crippen molar-refractivity contribution >= 4 is 12.0 Å². The molecule has 0 saturated heterocycles. The Morgan fingerprint density at radius 3 is 2.77 bits per heavy atom. The van der Waals surface area contributed by atoms with Crippen molar-refractivity contribution in [2.45, 2.75) is 6.61 Å². The maximum Gasteiger partial charge on any atom is 0.219 e. The van der Waals surface area contributed by atoms with E-state index in [1.54, 1.807) is 18.4 Å². The van der Waals surface area contributed by atoms with Crippen LogP contribution in [0, 0.1) is 0 Å². The zero-order valence-corrected chi connectivity index (χ0v) is 6.95. The third-order valence-corrected chi connectivity index (χ3v) is 1.62. The van der Waals surface area contributed by atoms with E-state index < -0.39 is 0 Å². The van der Waals surface area contributed by atoms with E-state index >= 15 is 0 Å². The number of aliphatic hydroxyl groups excluding tert-OH is 1. The molecule has 3 N–H and O–H groups in total. The first kappa shape index (κ1) is 9.54. The van der Waals surface area contributed by atoms with Gasteiger partial charge in [0.15, 0.2) is 0 Å². The van der Waals surface area contributed by atoms with Crippen molar-refractivity contribution in [2.24, 2.45) is 0 Å². The van der Waals surface area contributed by atoms with Crippen molar-refractivity contribution < 1.29 is 15.0 Å². The SMILES string of the molecule is O=[C]CNc1ccc(CO)c(O)c1. The van der Waals surface area contributed by atoms with Crippen molar-refractivity contribution in [3.63, 3.8) is 0 Å². The second kappa shape index (κ2) is 4.47. The highest BCUT2D eigenvalue weighted by atomic mass is 16.3. The molecule has 0 saturated carbocycles. The van der Waals surface area contributed by atoms with Gasteiger partial charge in [-0.2, -0.15) is 0 Å². The van der Waals surface area contributed by atoms with E-state index in [4.69, 9.17) is 5.11 Å². The summed E-state index contributed by atoms with van der Waals surface area (Å²) in [6.07, 6.45) is 1.67. The molecule has 0 amide bonds. The number of hydrogen-bond donors (Lipinski definition) is 3. The van der Waals surface area contributed by atoms with Crippen LogP contribution >= 0.6 is 0 Å². The molecule has 0 aliphatic heterocycles. The lowest BCUT2D eigenvalue weighted by Crippen LogP contribution is -2.01. The van der Waals surface area contributed by atoms with Crippen molar-refractivity contribution in [2.75, 3.05) is 11.9 Å². The lowest BCUT2D eigenvalue weighted by Gasteiger charge is -2.05. The van der Waals surface area contributed by atoms with Crippen LogP contribution in [0.2, 0.25) is 0 Å². The summed E-state index contributed by atoms with van der Waals surface area (Å²) < 4.78 is 0. The number of hydrogen-bond acceptors (Lipinski definition) is 4. The topological polar surface area (TPSA) is 69.6 Å². The molecule has 1 aromatic rings. The lowest BCUT2D eigenvalue weighted by atomic mass is 10.2. The molecular formula is C9H10NO3. The van der Waals surface area contributed by atoms with Gasteiger partial charge in [-0.15, -0.1) is 0 Å². The fraction of sp³-hybridized carbons (Fsp3) is 0.222. The number of carbonyl (C=O) groups excluding carboxylic acids is 1. The van der Waals surface area contributed by atoms with E-state index in [0.717, 1.165) is 0 Å². The number of aromatic hydroxyl groups is 1. The number of nitrogens with one attached hydrogen (secondary N) is 1. The third kappa shape index (κ3) is 2.45. The van der Waals surface area contributed by atoms with Gasteiger partial charge in [0.05, 0.1) is 13.2 Å². The van der Waals surface area contributed by atoms with Crippen LogP contribution < -0.4 is 5.32 Å². The average molecular weight is 180 g/mol. The fourth-order valence-electron chi connectivity index (χ4n) is 0.946. The van der Waals surface area contributed by atoms with E-state index in [1.807, 2.05) is 0 Å². The van der Waals surface area contributed by atoms with Crippen LogP contribution in [0.1, 0.15) is 5.56 Å². The molecule has 0 aromatic heterocycles. The Balaban J connectivity index is 2.76. The summed E-state index contributed by atoms with van der Waals surface area (Å²) in [5.41, 5.74) is 1.08. The Morgan fingerprint density at radius 2 is 2.23 bits per heavy atom. The largest absolute Gasteiger partial charge is 0.508 e. The van der Waals surface area contributed by atoms with E-state index in [1.165, 1.54) is 6.07 Å². The molecule has 0 atom stereocenters. The summed E-state index contributed by atoms with van der Waals surface area (Å²) in [6.45, 7) is -0.121. The van der Waals surface area contributed by atoms with Crippen LogP contribution in [0.3, 0.4) is 0 Å². The number of benzene rings is 1. The number of aliphatic hydroxyl groups is 1. The molecule has 0 fully saturated rings. The molecule has 0 aliphatic rings. The van der Waals surface area contributed by atoms with Crippen molar-refractivity contribution in [3.8, 4) is 5.75 Å². The number of anilines is 1. The molecule has 4 heteroatoms. The molecule has 4 nitrogen and oxygen atoms in total. The predicted molar refractivity (Wildman–Crippen MR) is 48.2 cm³/mol. The van der Waals surface area contributed by atoms with Gasteiger partial charge in [0.2, 0.25) is 6.29 Å². The summed E-state index contributed by atoms with van der Waals surface area (Å²) in [4.78, 5) is 9.90. The molecule has 1 radical (unpaired) electrons. The number of rotatable bonds is 4. The first-order valence-corrected chi connectivity index (χ1v) is 3.79. The maximum absolute atomic E-state index is 9.90. The first-order chi connectivity index (χ1) is 6.27. The summed E-state index contributed by atoms with van der Waals surface area (Å²) in [7, 11) is 0. The Hall–Kier alpha value is -1.55. The smallest absolute Gasteiger partial charge is 0.219 e. The van der Waals surface area contributed by atoms with Gasteiger partial charge < -0.3 is 15.5 Å². The fourth-order valence-corrected chi connectivity index (χ4v) is 0.946. The van der Waals surface area contributed by atoms with Gasteiger partial charge in [-0.3, -0.25) is 4.79 Å². The van der Waals surface area contributed by atoms with E-state index in [-0.39, 0.29) is 18.9 Å². The van der Waals surface area contributed by atoms with E-state index in [2.05, 4.69) is 5.32 Å². The average Bonchev–Trinajstić information content (AvgIpc) is 2.15. The second-order valence-corrected chi connectivity index (χ2v) is 2.50. The monoisotopic (exact) mass is 180 g/mol. The van der Waals surface area contributed by atoms with Gasteiger partial charge in [0.1, 0.15) is 5.75 Å². The molecule has 0 unspecified atom stereocenters. The van der Waals surface area contributed by atoms with Crippen LogP contribution in [-0.4, -0.2) is 23.0 Å².